The highest BCUT2D eigenvalue weighted by atomic mass is 19.4. The van der Waals surface area contributed by atoms with E-state index in [2.05, 4.69) is 29.2 Å². The van der Waals surface area contributed by atoms with Crippen molar-refractivity contribution in [1.82, 2.24) is 15.1 Å². The van der Waals surface area contributed by atoms with Crippen molar-refractivity contribution in [3.63, 3.8) is 0 Å². The third-order valence-electron chi connectivity index (χ3n) is 5.33. The van der Waals surface area contributed by atoms with Gasteiger partial charge in [0.05, 0.1) is 12.1 Å². The molecule has 1 N–H and O–H groups in total. The number of hydrogen-bond donors (Lipinski definition) is 1. The number of benzene rings is 2. The lowest BCUT2D eigenvalue weighted by molar-refractivity contribution is -0.141. The van der Waals surface area contributed by atoms with Gasteiger partial charge in [0, 0.05) is 26.2 Å². The van der Waals surface area contributed by atoms with Crippen LogP contribution in [0.3, 0.4) is 0 Å². The van der Waals surface area contributed by atoms with Gasteiger partial charge < -0.3 is 5.32 Å². The summed E-state index contributed by atoms with van der Waals surface area (Å²) in [5.74, 6) is -0.585. The van der Waals surface area contributed by atoms with Gasteiger partial charge >= 0.3 is 6.18 Å². The summed E-state index contributed by atoms with van der Waals surface area (Å²) in [5.41, 5.74) is 2.39. The number of nitrogens with one attached hydrogen (secondary N) is 1. The predicted molar refractivity (Wildman–Crippen MR) is 106 cm³/mol. The van der Waals surface area contributed by atoms with Crippen LogP contribution in [0.1, 0.15) is 24.1 Å². The number of nitrogens with zero attached hydrogens (tertiary/aromatic N) is 2. The van der Waals surface area contributed by atoms with Crippen molar-refractivity contribution in [1.29, 1.82) is 0 Å². The van der Waals surface area contributed by atoms with E-state index in [1.807, 2.05) is 46.6 Å². The fourth-order valence-electron chi connectivity index (χ4n) is 3.77. The number of carbonyl (C=O) groups excluding carboxylic acids is 1. The molecule has 1 aliphatic heterocycles. The Morgan fingerprint density at radius 1 is 0.897 bits per heavy atom. The second-order valence-corrected chi connectivity index (χ2v) is 7.30. The highest BCUT2D eigenvalue weighted by Gasteiger charge is 2.32. The van der Waals surface area contributed by atoms with Crippen LogP contribution in [0.2, 0.25) is 0 Å². The lowest BCUT2D eigenvalue weighted by Crippen LogP contribution is -2.55. The summed E-state index contributed by atoms with van der Waals surface area (Å²) in [6, 6.07) is 20.0. The average molecular weight is 405 g/mol. The summed E-state index contributed by atoms with van der Waals surface area (Å²) in [6.07, 6.45) is -4.40. The number of piperazine rings is 1. The molecule has 0 aromatic heterocycles. The first-order chi connectivity index (χ1) is 13.8. The van der Waals surface area contributed by atoms with Crippen LogP contribution in [-0.4, -0.2) is 60.6 Å². The summed E-state index contributed by atoms with van der Waals surface area (Å²) >= 11 is 0. The molecule has 0 radical (unpaired) electrons. The van der Waals surface area contributed by atoms with Crippen LogP contribution in [0.25, 0.3) is 0 Å². The molecule has 0 saturated carbocycles. The number of halogens is 3. The van der Waals surface area contributed by atoms with E-state index in [0.29, 0.717) is 13.1 Å². The normalized spacial score (nSPS) is 17.3. The van der Waals surface area contributed by atoms with Crippen molar-refractivity contribution in [2.24, 2.45) is 0 Å². The molecule has 0 spiro atoms. The topological polar surface area (TPSA) is 35.6 Å². The molecule has 1 amide bonds. The quantitative estimate of drug-likeness (QED) is 0.800. The Morgan fingerprint density at radius 3 is 1.79 bits per heavy atom. The van der Waals surface area contributed by atoms with Gasteiger partial charge in [0.15, 0.2) is 0 Å². The molecule has 2 aromatic rings. The minimum atomic E-state index is -4.40. The molecule has 1 atom stereocenters. The van der Waals surface area contributed by atoms with E-state index in [4.69, 9.17) is 0 Å². The maximum Gasteiger partial charge on any atom is 0.405 e. The molecule has 1 heterocycles. The number of hydrogen-bond acceptors (Lipinski definition) is 3. The zero-order chi connectivity index (χ0) is 20.9. The van der Waals surface area contributed by atoms with Crippen molar-refractivity contribution in [2.45, 2.75) is 25.2 Å². The van der Waals surface area contributed by atoms with Gasteiger partial charge in [-0.15, -0.1) is 0 Å². The van der Waals surface area contributed by atoms with Gasteiger partial charge in [0.25, 0.3) is 0 Å². The standard InChI is InChI=1S/C22H26F3N3O/c1-17(21(29)26-16-22(23,24)25)27-12-14-28(15-13-27)20(18-8-4-2-5-9-18)19-10-6-3-7-11-19/h2-11,17,20H,12-16H2,1H3,(H,26,29). The molecule has 0 bridgehead atoms. The molecule has 1 fully saturated rings. The van der Waals surface area contributed by atoms with Gasteiger partial charge in [-0.1, -0.05) is 60.7 Å². The molecule has 29 heavy (non-hydrogen) atoms. The molecule has 1 aliphatic rings. The summed E-state index contributed by atoms with van der Waals surface area (Å²) in [4.78, 5) is 16.4. The van der Waals surface area contributed by atoms with E-state index in [9.17, 15) is 18.0 Å². The smallest absolute Gasteiger partial charge is 0.346 e. The first kappa shape index (κ1) is 21.3. The number of rotatable bonds is 6. The monoisotopic (exact) mass is 405 g/mol. The van der Waals surface area contributed by atoms with Gasteiger partial charge in [-0.05, 0) is 18.1 Å². The lowest BCUT2D eigenvalue weighted by Gasteiger charge is -2.41. The third-order valence-corrected chi connectivity index (χ3v) is 5.33. The minimum Gasteiger partial charge on any atom is -0.346 e. The molecule has 1 saturated heterocycles. The number of alkyl halides is 3. The van der Waals surface area contributed by atoms with E-state index in [0.717, 1.165) is 13.1 Å². The summed E-state index contributed by atoms with van der Waals surface area (Å²) < 4.78 is 37.0. The van der Waals surface area contributed by atoms with Gasteiger partial charge in [-0.2, -0.15) is 13.2 Å². The number of amides is 1. The molecule has 7 heteroatoms. The van der Waals surface area contributed by atoms with Gasteiger partial charge in [0.1, 0.15) is 6.54 Å². The predicted octanol–water partition coefficient (Wildman–Crippen LogP) is 3.46. The third kappa shape index (κ3) is 5.81. The molecular formula is C22H26F3N3O. The first-order valence-electron chi connectivity index (χ1n) is 9.77. The molecule has 2 aromatic carbocycles. The summed E-state index contributed by atoms with van der Waals surface area (Å²) in [7, 11) is 0. The Balaban J connectivity index is 1.65. The lowest BCUT2D eigenvalue weighted by atomic mass is 9.96. The largest absolute Gasteiger partial charge is 0.405 e. The van der Waals surface area contributed by atoms with E-state index < -0.39 is 24.7 Å². The van der Waals surface area contributed by atoms with E-state index >= 15 is 0 Å². The molecule has 0 aliphatic carbocycles. The number of carbonyl (C=O) groups is 1. The van der Waals surface area contributed by atoms with Crippen LogP contribution < -0.4 is 5.32 Å². The Labute approximate surface area is 169 Å². The fourth-order valence-corrected chi connectivity index (χ4v) is 3.77. The highest BCUT2D eigenvalue weighted by Crippen LogP contribution is 2.29. The van der Waals surface area contributed by atoms with E-state index in [1.54, 1.807) is 6.92 Å². The van der Waals surface area contributed by atoms with E-state index in [-0.39, 0.29) is 6.04 Å². The van der Waals surface area contributed by atoms with Crippen molar-refractivity contribution in [3.8, 4) is 0 Å². The van der Waals surface area contributed by atoms with Crippen LogP contribution in [0.4, 0.5) is 13.2 Å². The zero-order valence-corrected chi connectivity index (χ0v) is 16.4. The van der Waals surface area contributed by atoms with Crippen LogP contribution in [0, 0.1) is 0 Å². The molecule has 4 nitrogen and oxygen atoms in total. The van der Waals surface area contributed by atoms with Gasteiger partial charge in [-0.25, -0.2) is 0 Å². The van der Waals surface area contributed by atoms with Crippen LogP contribution in [-0.2, 0) is 4.79 Å². The van der Waals surface area contributed by atoms with Crippen molar-refractivity contribution < 1.29 is 18.0 Å². The Morgan fingerprint density at radius 2 is 1.34 bits per heavy atom. The minimum absolute atomic E-state index is 0.105. The summed E-state index contributed by atoms with van der Waals surface area (Å²) in [5, 5.41) is 1.99. The fraction of sp³-hybridized carbons (Fsp3) is 0.409. The second kappa shape index (κ2) is 9.41. The maximum absolute atomic E-state index is 12.3. The average Bonchev–Trinajstić information content (AvgIpc) is 2.73. The molecule has 156 valence electrons. The van der Waals surface area contributed by atoms with Crippen LogP contribution in [0.5, 0.6) is 0 Å². The highest BCUT2D eigenvalue weighted by molar-refractivity contribution is 5.81. The SMILES string of the molecule is CC(C(=O)NCC(F)(F)F)N1CCN(C(c2ccccc2)c2ccccc2)CC1. The van der Waals surface area contributed by atoms with Crippen LogP contribution in [0.15, 0.2) is 60.7 Å². The van der Waals surface area contributed by atoms with Gasteiger partial charge in [0.2, 0.25) is 5.91 Å². The van der Waals surface area contributed by atoms with Crippen molar-refractivity contribution >= 4 is 5.91 Å². The Bertz CT molecular complexity index is 735. The first-order valence-corrected chi connectivity index (χ1v) is 9.77. The second-order valence-electron chi connectivity index (χ2n) is 7.30. The van der Waals surface area contributed by atoms with Crippen LogP contribution >= 0.6 is 0 Å². The Kier molecular flexibility index (Phi) is 6.92. The maximum atomic E-state index is 12.3. The summed E-state index contributed by atoms with van der Waals surface area (Å²) in [6.45, 7) is 3.07. The molecule has 3 rings (SSSR count). The van der Waals surface area contributed by atoms with Crippen molar-refractivity contribution in [2.75, 3.05) is 32.7 Å². The Hall–Kier alpha value is -2.38. The van der Waals surface area contributed by atoms with Crippen molar-refractivity contribution in [3.05, 3.63) is 71.8 Å². The molecular weight excluding hydrogens is 379 g/mol. The zero-order valence-electron chi connectivity index (χ0n) is 16.4. The van der Waals surface area contributed by atoms with E-state index in [1.165, 1.54) is 11.1 Å². The molecule has 1 unspecified atom stereocenters. The van der Waals surface area contributed by atoms with Gasteiger partial charge in [-0.3, -0.25) is 14.6 Å².